The Balaban J connectivity index is 1.57. The summed E-state index contributed by atoms with van der Waals surface area (Å²) in [5.74, 6) is 2.97. The maximum Gasteiger partial charge on any atom is 0.226 e. The first-order valence-corrected chi connectivity index (χ1v) is 8.39. The van der Waals surface area contributed by atoms with Gasteiger partial charge in [-0.05, 0) is 56.8 Å². The summed E-state index contributed by atoms with van der Waals surface area (Å²) in [5.41, 5.74) is -0.0792. The summed E-state index contributed by atoms with van der Waals surface area (Å²) in [5, 5.41) is 3.38. The van der Waals surface area contributed by atoms with Crippen molar-refractivity contribution in [3.63, 3.8) is 0 Å². The molecule has 0 aromatic heterocycles. The van der Waals surface area contributed by atoms with Crippen molar-refractivity contribution in [1.29, 1.82) is 0 Å². The molecule has 0 saturated heterocycles. The van der Waals surface area contributed by atoms with E-state index in [0.29, 0.717) is 11.9 Å². The molecule has 3 aliphatic rings. The fourth-order valence-corrected chi connectivity index (χ4v) is 4.95. The van der Waals surface area contributed by atoms with E-state index in [9.17, 15) is 4.79 Å². The van der Waals surface area contributed by atoms with Crippen molar-refractivity contribution >= 4 is 5.91 Å². The number of carbonyl (C=O) groups excluding carboxylic acids is 1. The van der Waals surface area contributed by atoms with Crippen molar-refractivity contribution < 1.29 is 4.79 Å². The lowest BCUT2D eigenvalue weighted by atomic mass is 9.74. The second kappa shape index (κ2) is 5.10. The van der Waals surface area contributed by atoms with Crippen LogP contribution in [0.2, 0.25) is 0 Å². The van der Waals surface area contributed by atoms with Crippen molar-refractivity contribution in [2.45, 2.75) is 77.7 Å². The quantitative estimate of drug-likeness (QED) is 0.822. The molecule has 108 valence electrons. The molecule has 1 N–H and O–H groups in total. The highest BCUT2D eigenvalue weighted by Crippen LogP contribution is 2.49. The van der Waals surface area contributed by atoms with E-state index in [1.807, 2.05) is 0 Å². The summed E-state index contributed by atoms with van der Waals surface area (Å²) in [6.45, 7) is 4.42. The third-order valence-corrected chi connectivity index (χ3v) is 6.30. The van der Waals surface area contributed by atoms with Crippen molar-refractivity contribution in [3.05, 3.63) is 0 Å². The molecule has 0 aliphatic heterocycles. The van der Waals surface area contributed by atoms with Gasteiger partial charge in [-0.25, -0.2) is 0 Å². The van der Waals surface area contributed by atoms with Crippen molar-refractivity contribution in [1.82, 2.24) is 5.32 Å². The van der Waals surface area contributed by atoms with Crippen molar-refractivity contribution in [2.75, 3.05) is 0 Å². The van der Waals surface area contributed by atoms with Crippen LogP contribution in [0.15, 0.2) is 0 Å². The van der Waals surface area contributed by atoms with Gasteiger partial charge in [-0.15, -0.1) is 0 Å². The van der Waals surface area contributed by atoms with Crippen LogP contribution in [0.5, 0.6) is 0 Å². The molecule has 0 heterocycles. The number of rotatable bonds is 3. The number of fused-ring (bicyclic) bond motifs is 2. The molecular formula is C17H29NO. The van der Waals surface area contributed by atoms with E-state index in [1.54, 1.807) is 0 Å². The van der Waals surface area contributed by atoms with Gasteiger partial charge >= 0.3 is 0 Å². The van der Waals surface area contributed by atoms with Crippen LogP contribution in [0.25, 0.3) is 0 Å². The Morgan fingerprint density at radius 1 is 1.16 bits per heavy atom. The average molecular weight is 263 g/mol. The summed E-state index contributed by atoms with van der Waals surface area (Å²) in [7, 11) is 0. The number of nitrogens with one attached hydrogen (secondary N) is 1. The van der Waals surface area contributed by atoms with Gasteiger partial charge in [0.15, 0.2) is 0 Å². The molecule has 0 aromatic rings. The van der Waals surface area contributed by atoms with Crippen LogP contribution in [0, 0.1) is 23.2 Å². The van der Waals surface area contributed by atoms with Crippen molar-refractivity contribution in [3.8, 4) is 0 Å². The van der Waals surface area contributed by atoms with E-state index in [0.717, 1.165) is 30.6 Å². The molecule has 3 aliphatic carbocycles. The SMILES string of the molecule is C[C@@H](NC(=O)C1(C)CCCCC1)[C@@H]1C[C@H]2CC[C@H]1C2. The van der Waals surface area contributed by atoms with Crippen LogP contribution in [0.4, 0.5) is 0 Å². The lowest BCUT2D eigenvalue weighted by Gasteiger charge is -2.35. The van der Waals surface area contributed by atoms with Gasteiger partial charge in [0.1, 0.15) is 0 Å². The second-order valence-electron chi connectivity index (χ2n) is 7.72. The molecule has 0 aromatic carbocycles. The van der Waals surface area contributed by atoms with Crippen LogP contribution in [-0.2, 0) is 4.79 Å². The summed E-state index contributed by atoms with van der Waals surface area (Å²) in [6, 6.07) is 0.390. The average Bonchev–Trinajstić information content (AvgIpc) is 3.01. The van der Waals surface area contributed by atoms with Gasteiger partial charge in [0, 0.05) is 11.5 Å². The smallest absolute Gasteiger partial charge is 0.226 e. The third kappa shape index (κ3) is 2.55. The molecule has 2 bridgehead atoms. The van der Waals surface area contributed by atoms with Gasteiger partial charge in [0.25, 0.3) is 0 Å². The highest BCUT2D eigenvalue weighted by molar-refractivity contribution is 5.82. The van der Waals surface area contributed by atoms with E-state index in [2.05, 4.69) is 19.2 Å². The minimum atomic E-state index is -0.0792. The Bertz CT molecular complexity index is 345. The summed E-state index contributed by atoms with van der Waals surface area (Å²) < 4.78 is 0. The molecule has 0 radical (unpaired) electrons. The normalized spacial score (nSPS) is 38.1. The first-order valence-electron chi connectivity index (χ1n) is 8.39. The summed E-state index contributed by atoms with van der Waals surface area (Å²) >= 11 is 0. The van der Waals surface area contributed by atoms with E-state index < -0.39 is 0 Å². The molecular weight excluding hydrogens is 234 g/mol. The van der Waals surface area contributed by atoms with Crippen LogP contribution in [-0.4, -0.2) is 11.9 Å². The van der Waals surface area contributed by atoms with E-state index >= 15 is 0 Å². The second-order valence-corrected chi connectivity index (χ2v) is 7.72. The minimum Gasteiger partial charge on any atom is -0.353 e. The number of amides is 1. The van der Waals surface area contributed by atoms with Crippen LogP contribution in [0.1, 0.15) is 71.6 Å². The number of carbonyl (C=O) groups is 1. The molecule has 0 unspecified atom stereocenters. The molecule has 0 spiro atoms. The zero-order valence-corrected chi connectivity index (χ0v) is 12.6. The zero-order valence-electron chi connectivity index (χ0n) is 12.6. The number of hydrogen-bond acceptors (Lipinski definition) is 1. The first-order chi connectivity index (χ1) is 9.08. The lowest BCUT2D eigenvalue weighted by Crippen LogP contribution is -2.47. The van der Waals surface area contributed by atoms with Crippen LogP contribution in [0.3, 0.4) is 0 Å². The molecule has 2 nitrogen and oxygen atoms in total. The topological polar surface area (TPSA) is 29.1 Å². The predicted octanol–water partition coefficient (Wildman–Crippen LogP) is 3.90. The van der Waals surface area contributed by atoms with E-state index in [1.165, 1.54) is 44.9 Å². The monoisotopic (exact) mass is 263 g/mol. The lowest BCUT2D eigenvalue weighted by molar-refractivity contribution is -0.133. The van der Waals surface area contributed by atoms with Crippen LogP contribution < -0.4 is 5.32 Å². The van der Waals surface area contributed by atoms with Gasteiger partial charge in [-0.2, -0.15) is 0 Å². The van der Waals surface area contributed by atoms with Crippen LogP contribution >= 0.6 is 0 Å². The van der Waals surface area contributed by atoms with E-state index in [4.69, 9.17) is 0 Å². The Hall–Kier alpha value is -0.530. The third-order valence-electron chi connectivity index (χ3n) is 6.30. The molecule has 3 saturated carbocycles. The minimum absolute atomic E-state index is 0.0792. The fraction of sp³-hybridized carbons (Fsp3) is 0.941. The molecule has 2 heteroatoms. The first kappa shape index (κ1) is 13.5. The summed E-state index contributed by atoms with van der Waals surface area (Å²) in [4.78, 5) is 12.6. The van der Waals surface area contributed by atoms with Crippen molar-refractivity contribution in [2.24, 2.45) is 23.2 Å². The molecule has 3 rings (SSSR count). The summed E-state index contributed by atoms with van der Waals surface area (Å²) in [6.07, 6.45) is 11.6. The maximum atomic E-state index is 12.6. The molecule has 4 atom stereocenters. The van der Waals surface area contributed by atoms with Gasteiger partial charge in [-0.1, -0.05) is 32.6 Å². The van der Waals surface area contributed by atoms with Gasteiger partial charge in [0.2, 0.25) is 5.91 Å². The fourth-order valence-electron chi connectivity index (χ4n) is 4.95. The zero-order chi connectivity index (χ0) is 13.5. The van der Waals surface area contributed by atoms with E-state index in [-0.39, 0.29) is 5.41 Å². The Morgan fingerprint density at radius 3 is 2.47 bits per heavy atom. The molecule has 1 amide bonds. The number of hydrogen-bond donors (Lipinski definition) is 1. The maximum absolute atomic E-state index is 12.6. The highest BCUT2D eigenvalue weighted by Gasteiger charge is 2.43. The standard InChI is InChI=1S/C17H29NO/c1-12(15-11-13-6-7-14(15)10-13)18-16(19)17(2)8-4-3-5-9-17/h12-15H,3-11H2,1-2H3,(H,18,19)/t12-,13+,14+,15+/m1/s1. The van der Waals surface area contributed by atoms with Gasteiger partial charge in [-0.3, -0.25) is 4.79 Å². The van der Waals surface area contributed by atoms with Gasteiger partial charge in [0.05, 0.1) is 0 Å². The molecule has 19 heavy (non-hydrogen) atoms. The highest BCUT2D eigenvalue weighted by atomic mass is 16.2. The Kier molecular flexibility index (Phi) is 3.61. The predicted molar refractivity (Wildman–Crippen MR) is 77.7 cm³/mol. The molecule has 3 fully saturated rings. The Labute approximate surface area is 117 Å². The Morgan fingerprint density at radius 2 is 1.89 bits per heavy atom. The largest absolute Gasteiger partial charge is 0.353 e. The van der Waals surface area contributed by atoms with Gasteiger partial charge < -0.3 is 5.32 Å².